The molecule has 0 spiro atoms. The largest absolute Gasteiger partial charge is 0.346 e. The number of nitrogens with one attached hydrogen (secondary N) is 2. The van der Waals surface area contributed by atoms with Crippen molar-refractivity contribution >= 4 is 17.2 Å². The van der Waals surface area contributed by atoms with Crippen molar-refractivity contribution in [1.82, 2.24) is 25.7 Å². The summed E-state index contributed by atoms with van der Waals surface area (Å²) < 4.78 is 0. The molecule has 1 aliphatic rings. The van der Waals surface area contributed by atoms with Crippen molar-refractivity contribution in [2.75, 3.05) is 19.6 Å². The topological polar surface area (TPSA) is 70.1 Å². The van der Waals surface area contributed by atoms with E-state index in [-0.39, 0.29) is 5.91 Å². The molecule has 7 heteroatoms. The molecule has 6 nitrogen and oxygen atoms in total. The van der Waals surface area contributed by atoms with Crippen LogP contribution in [-0.4, -0.2) is 46.7 Å². The molecule has 2 atom stereocenters. The predicted molar refractivity (Wildman–Crippen MR) is 123 cm³/mol. The van der Waals surface area contributed by atoms with E-state index in [2.05, 4.69) is 58.6 Å². The summed E-state index contributed by atoms with van der Waals surface area (Å²) in [6.45, 7) is 11.1. The zero-order valence-electron chi connectivity index (χ0n) is 18.5. The molecule has 1 aromatic heterocycles. The summed E-state index contributed by atoms with van der Waals surface area (Å²) in [5, 5.41) is 16.3. The first-order valence-corrected chi connectivity index (χ1v) is 12.0. The zero-order valence-corrected chi connectivity index (χ0v) is 19.3. The van der Waals surface area contributed by atoms with Gasteiger partial charge in [0, 0.05) is 25.7 Å². The Labute approximate surface area is 184 Å². The molecule has 1 saturated carbocycles. The molecule has 1 aliphatic carbocycles. The highest BCUT2D eigenvalue weighted by atomic mass is 32.1. The Kier molecular flexibility index (Phi) is 8.78. The van der Waals surface area contributed by atoms with Crippen LogP contribution in [0.15, 0.2) is 24.3 Å². The van der Waals surface area contributed by atoms with Crippen LogP contribution in [0.3, 0.4) is 0 Å². The van der Waals surface area contributed by atoms with E-state index < -0.39 is 0 Å². The van der Waals surface area contributed by atoms with Crippen molar-refractivity contribution in [1.29, 1.82) is 0 Å². The van der Waals surface area contributed by atoms with Crippen LogP contribution in [0, 0.1) is 12.8 Å². The molecule has 0 saturated heterocycles. The van der Waals surface area contributed by atoms with Gasteiger partial charge in [-0.15, -0.1) is 10.2 Å². The Morgan fingerprint density at radius 3 is 2.57 bits per heavy atom. The summed E-state index contributed by atoms with van der Waals surface area (Å²) >= 11 is 1.38. The fraction of sp³-hybridized carbons (Fsp3) is 0.609. The van der Waals surface area contributed by atoms with Crippen molar-refractivity contribution in [3.63, 3.8) is 0 Å². The Morgan fingerprint density at radius 2 is 1.83 bits per heavy atom. The smallest absolute Gasteiger partial charge is 0.282 e. The fourth-order valence-corrected chi connectivity index (χ4v) is 4.81. The number of rotatable bonds is 10. The van der Waals surface area contributed by atoms with Crippen molar-refractivity contribution in [2.45, 2.75) is 65.6 Å². The Hall–Kier alpha value is -1.83. The van der Waals surface area contributed by atoms with E-state index in [0.29, 0.717) is 30.1 Å². The Morgan fingerprint density at radius 1 is 1.10 bits per heavy atom. The molecular weight excluding hydrogens is 394 g/mol. The number of carbonyl (C=O) groups is 1. The van der Waals surface area contributed by atoms with Crippen molar-refractivity contribution < 1.29 is 4.79 Å². The fourth-order valence-electron chi connectivity index (χ4n) is 4.11. The average molecular weight is 430 g/mol. The van der Waals surface area contributed by atoms with E-state index in [1.54, 1.807) is 0 Å². The first-order valence-electron chi connectivity index (χ1n) is 11.2. The minimum Gasteiger partial charge on any atom is -0.346 e. The zero-order chi connectivity index (χ0) is 21.3. The molecule has 1 heterocycles. The number of hydrogen-bond donors (Lipinski definition) is 2. The van der Waals surface area contributed by atoms with Gasteiger partial charge in [0.25, 0.3) is 5.91 Å². The number of hydrogen-bond acceptors (Lipinski definition) is 6. The summed E-state index contributed by atoms with van der Waals surface area (Å²) in [6.07, 6.45) is 5.12. The van der Waals surface area contributed by atoms with E-state index >= 15 is 0 Å². The van der Waals surface area contributed by atoms with Crippen molar-refractivity contribution in [2.24, 2.45) is 5.92 Å². The van der Waals surface area contributed by atoms with E-state index in [1.807, 2.05) is 12.1 Å². The molecule has 1 fully saturated rings. The van der Waals surface area contributed by atoms with Crippen molar-refractivity contribution in [3.8, 4) is 0 Å². The summed E-state index contributed by atoms with van der Waals surface area (Å²) in [4.78, 5) is 14.9. The number of aromatic nitrogens is 2. The van der Waals surface area contributed by atoms with E-state index in [4.69, 9.17) is 0 Å². The van der Waals surface area contributed by atoms with Gasteiger partial charge in [0.05, 0.1) is 0 Å². The average Bonchev–Trinajstić information content (AvgIpc) is 3.25. The molecule has 2 N–H and O–H groups in total. The SMILES string of the molecule is CCN(CC)C[C@@H]1CCCC[C@@H]1NCc1nnc(C(=O)NCc2ccc(C)cc2)s1. The molecule has 164 valence electrons. The van der Waals surface area contributed by atoms with Crippen LogP contribution in [0.5, 0.6) is 0 Å². The van der Waals surface area contributed by atoms with Gasteiger partial charge in [-0.3, -0.25) is 4.79 Å². The summed E-state index contributed by atoms with van der Waals surface area (Å²) in [7, 11) is 0. The second-order valence-corrected chi connectivity index (χ2v) is 9.25. The van der Waals surface area contributed by atoms with E-state index in [9.17, 15) is 4.79 Å². The number of nitrogens with zero attached hydrogens (tertiary/aromatic N) is 3. The quantitative estimate of drug-likeness (QED) is 0.602. The lowest BCUT2D eigenvalue weighted by Gasteiger charge is -2.35. The monoisotopic (exact) mass is 429 g/mol. The van der Waals surface area contributed by atoms with Gasteiger partial charge in [0.2, 0.25) is 5.01 Å². The first kappa shape index (κ1) is 22.8. The highest BCUT2D eigenvalue weighted by Gasteiger charge is 2.26. The number of amides is 1. The summed E-state index contributed by atoms with van der Waals surface area (Å²) in [5.74, 6) is 0.528. The molecule has 0 unspecified atom stereocenters. The number of aryl methyl sites for hydroxylation is 1. The molecule has 1 aromatic carbocycles. The normalized spacial score (nSPS) is 19.2. The minimum atomic E-state index is -0.156. The second-order valence-electron chi connectivity index (χ2n) is 8.19. The molecular formula is C23H35N5OS. The van der Waals surface area contributed by atoms with Crippen LogP contribution in [-0.2, 0) is 13.1 Å². The van der Waals surface area contributed by atoms with Gasteiger partial charge in [-0.25, -0.2) is 0 Å². The van der Waals surface area contributed by atoms with Gasteiger partial charge in [0.1, 0.15) is 5.01 Å². The lowest BCUT2D eigenvalue weighted by atomic mass is 9.84. The summed E-state index contributed by atoms with van der Waals surface area (Å²) in [6, 6.07) is 8.68. The molecule has 30 heavy (non-hydrogen) atoms. The number of benzene rings is 1. The van der Waals surface area contributed by atoms with E-state index in [1.165, 1.54) is 42.6 Å². The Balaban J connectivity index is 1.49. The molecule has 0 radical (unpaired) electrons. The molecule has 3 rings (SSSR count). The van der Waals surface area contributed by atoms with E-state index in [0.717, 1.165) is 30.2 Å². The molecule has 0 aliphatic heterocycles. The third-order valence-electron chi connectivity index (χ3n) is 6.05. The van der Waals surface area contributed by atoms with Gasteiger partial charge in [0.15, 0.2) is 0 Å². The van der Waals surface area contributed by atoms with Crippen LogP contribution in [0.25, 0.3) is 0 Å². The maximum Gasteiger partial charge on any atom is 0.282 e. The van der Waals surface area contributed by atoms with Crippen LogP contribution in [0.1, 0.15) is 65.5 Å². The third-order valence-corrected chi connectivity index (χ3v) is 6.97. The van der Waals surface area contributed by atoms with Gasteiger partial charge in [-0.2, -0.15) is 0 Å². The maximum atomic E-state index is 12.4. The summed E-state index contributed by atoms with van der Waals surface area (Å²) in [5.41, 5.74) is 2.29. The first-order chi connectivity index (χ1) is 14.6. The number of carbonyl (C=O) groups excluding carboxylic acids is 1. The van der Waals surface area contributed by atoms with Gasteiger partial charge in [-0.1, -0.05) is 67.9 Å². The lowest BCUT2D eigenvalue weighted by molar-refractivity contribution is 0.0950. The van der Waals surface area contributed by atoms with Gasteiger partial charge < -0.3 is 15.5 Å². The van der Waals surface area contributed by atoms with Crippen LogP contribution in [0.2, 0.25) is 0 Å². The Bertz CT molecular complexity index is 787. The third kappa shape index (κ3) is 6.59. The highest BCUT2D eigenvalue weighted by molar-refractivity contribution is 7.13. The minimum absolute atomic E-state index is 0.156. The van der Waals surface area contributed by atoms with Crippen molar-refractivity contribution in [3.05, 3.63) is 45.4 Å². The molecule has 1 amide bonds. The van der Waals surface area contributed by atoms with Crippen LogP contribution < -0.4 is 10.6 Å². The van der Waals surface area contributed by atoms with Gasteiger partial charge in [-0.05, 0) is 44.3 Å². The maximum absolute atomic E-state index is 12.4. The van der Waals surface area contributed by atoms with Crippen LogP contribution >= 0.6 is 11.3 Å². The standard InChI is InChI=1S/C23H35N5OS/c1-4-28(5-2)16-19-8-6-7-9-20(19)24-15-21-26-27-23(30-21)22(29)25-14-18-12-10-17(3)11-13-18/h10-13,19-20,24H,4-9,14-16H2,1-3H3,(H,25,29)/t19-,20-/m0/s1. The highest BCUT2D eigenvalue weighted by Crippen LogP contribution is 2.26. The van der Waals surface area contributed by atoms with Crippen LogP contribution in [0.4, 0.5) is 0 Å². The predicted octanol–water partition coefficient (Wildman–Crippen LogP) is 3.77. The molecule has 0 bridgehead atoms. The van der Waals surface area contributed by atoms with Gasteiger partial charge >= 0.3 is 0 Å². The molecule has 2 aromatic rings. The second kappa shape index (κ2) is 11.5. The lowest BCUT2D eigenvalue weighted by Crippen LogP contribution is -2.44.